The van der Waals surface area contributed by atoms with Gasteiger partial charge in [0, 0.05) is 18.2 Å². The third kappa shape index (κ3) is 4.06. The molecule has 1 N–H and O–H groups in total. The summed E-state index contributed by atoms with van der Waals surface area (Å²) in [5.74, 6) is 0.236. The number of methoxy groups -OCH3 is 2. The Morgan fingerprint density at radius 3 is 2.27 bits per heavy atom. The summed E-state index contributed by atoms with van der Waals surface area (Å²) in [6, 6.07) is 7.79. The summed E-state index contributed by atoms with van der Waals surface area (Å²) in [5.41, 5.74) is 3.26. The SMILES string of the molecule is COCOc1c(C)c(O)c(C(=O)C=Cc2ccc(C)cc2)c(OC)c1C. The second-order valence-corrected chi connectivity index (χ2v) is 6.00. The van der Waals surface area contributed by atoms with Crippen molar-refractivity contribution in [3.05, 3.63) is 58.2 Å². The van der Waals surface area contributed by atoms with Crippen LogP contribution in [0.3, 0.4) is 0 Å². The second-order valence-electron chi connectivity index (χ2n) is 6.00. The van der Waals surface area contributed by atoms with E-state index in [1.807, 2.05) is 31.2 Å². The van der Waals surface area contributed by atoms with Crippen molar-refractivity contribution in [2.24, 2.45) is 0 Å². The number of phenolic OH excluding ortho intramolecular Hbond substituents is 1. The van der Waals surface area contributed by atoms with E-state index < -0.39 is 0 Å². The molecular formula is C21H24O5. The highest BCUT2D eigenvalue weighted by atomic mass is 16.7. The van der Waals surface area contributed by atoms with E-state index in [9.17, 15) is 9.90 Å². The molecule has 2 aromatic rings. The predicted octanol–water partition coefficient (Wildman–Crippen LogP) is 4.20. The monoisotopic (exact) mass is 356 g/mol. The first-order valence-corrected chi connectivity index (χ1v) is 8.21. The topological polar surface area (TPSA) is 65.0 Å². The summed E-state index contributed by atoms with van der Waals surface area (Å²) in [6.07, 6.45) is 3.14. The minimum Gasteiger partial charge on any atom is -0.507 e. The maximum atomic E-state index is 12.7. The molecule has 5 nitrogen and oxygen atoms in total. The Balaban J connectivity index is 2.44. The molecule has 0 spiro atoms. The maximum absolute atomic E-state index is 12.7. The van der Waals surface area contributed by atoms with Crippen molar-refractivity contribution in [3.63, 3.8) is 0 Å². The van der Waals surface area contributed by atoms with Crippen LogP contribution in [0.25, 0.3) is 6.08 Å². The van der Waals surface area contributed by atoms with Crippen LogP contribution in [0.1, 0.15) is 32.6 Å². The fourth-order valence-corrected chi connectivity index (χ4v) is 2.73. The van der Waals surface area contributed by atoms with Gasteiger partial charge >= 0.3 is 0 Å². The lowest BCUT2D eigenvalue weighted by molar-refractivity contribution is 0.0497. The summed E-state index contributed by atoms with van der Waals surface area (Å²) < 4.78 is 15.8. The molecule has 0 heterocycles. The fraction of sp³-hybridized carbons (Fsp3) is 0.286. The van der Waals surface area contributed by atoms with Crippen molar-refractivity contribution < 1.29 is 24.1 Å². The molecule has 0 aromatic heterocycles. The van der Waals surface area contributed by atoms with Crippen LogP contribution in [0, 0.1) is 20.8 Å². The standard InChI is InChI=1S/C21H24O5/c1-13-6-8-16(9-7-13)10-11-17(22)18-19(23)14(2)20(26-12-24-4)15(3)21(18)25-5/h6-11,23H,12H2,1-5H3. The molecule has 0 aliphatic heterocycles. The van der Waals surface area contributed by atoms with E-state index in [1.165, 1.54) is 20.3 Å². The van der Waals surface area contributed by atoms with Gasteiger partial charge in [0.05, 0.1) is 7.11 Å². The van der Waals surface area contributed by atoms with Crippen molar-refractivity contribution >= 4 is 11.9 Å². The fourth-order valence-electron chi connectivity index (χ4n) is 2.73. The van der Waals surface area contributed by atoms with Gasteiger partial charge in [0.2, 0.25) is 0 Å². The summed E-state index contributed by atoms with van der Waals surface area (Å²) in [5, 5.41) is 10.6. The minimum atomic E-state index is -0.343. The Morgan fingerprint density at radius 1 is 1.04 bits per heavy atom. The van der Waals surface area contributed by atoms with Gasteiger partial charge in [0.25, 0.3) is 0 Å². The number of carbonyl (C=O) groups excluding carboxylic acids is 1. The lowest BCUT2D eigenvalue weighted by atomic mass is 9.98. The molecule has 5 heteroatoms. The molecular weight excluding hydrogens is 332 g/mol. The Morgan fingerprint density at radius 2 is 1.69 bits per heavy atom. The van der Waals surface area contributed by atoms with E-state index in [0.717, 1.165) is 11.1 Å². The smallest absolute Gasteiger partial charge is 0.193 e. The first-order chi connectivity index (χ1) is 12.4. The van der Waals surface area contributed by atoms with Gasteiger partial charge < -0.3 is 19.3 Å². The van der Waals surface area contributed by atoms with Crippen molar-refractivity contribution in [1.29, 1.82) is 0 Å². The van der Waals surface area contributed by atoms with Gasteiger partial charge in [-0.25, -0.2) is 0 Å². The highest BCUT2D eigenvalue weighted by Gasteiger charge is 2.24. The quantitative estimate of drug-likeness (QED) is 0.457. The van der Waals surface area contributed by atoms with Crippen LogP contribution in [0.4, 0.5) is 0 Å². The molecule has 0 fully saturated rings. The first-order valence-electron chi connectivity index (χ1n) is 8.21. The molecule has 2 aromatic carbocycles. The van der Waals surface area contributed by atoms with Gasteiger partial charge in [0.1, 0.15) is 22.8 Å². The molecule has 0 saturated carbocycles. The van der Waals surface area contributed by atoms with Crippen molar-refractivity contribution in [2.45, 2.75) is 20.8 Å². The number of carbonyl (C=O) groups is 1. The van der Waals surface area contributed by atoms with Crippen LogP contribution >= 0.6 is 0 Å². The van der Waals surface area contributed by atoms with Gasteiger partial charge in [-0.15, -0.1) is 0 Å². The van der Waals surface area contributed by atoms with E-state index >= 15 is 0 Å². The molecule has 0 bridgehead atoms. The predicted molar refractivity (Wildman–Crippen MR) is 101 cm³/mol. The summed E-state index contributed by atoms with van der Waals surface area (Å²) in [7, 11) is 2.97. The van der Waals surface area contributed by atoms with Gasteiger partial charge in [-0.1, -0.05) is 35.9 Å². The van der Waals surface area contributed by atoms with Crippen LogP contribution in [-0.4, -0.2) is 31.9 Å². The van der Waals surface area contributed by atoms with Crippen LogP contribution in [-0.2, 0) is 4.74 Å². The first kappa shape index (κ1) is 19.5. The number of ether oxygens (including phenoxy) is 3. The highest BCUT2D eigenvalue weighted by molar-refractivity contribution is 6.11. The van der Waals surface area contributed by atoms with Crippen LogP contribution in [0.2, 0.25) is 0 Å². The number of ketones is 1. The van der Waals surface area contributed by atoms with Crippen molar-refractivity contribution in [2.75, 3.05) is 21.0 Å². The molecule has 0 atom stereocenters. The minimum absolute atomic E-state index is 0.0326. The Bertz CT molecular complexity index is 820. The third-order valence-corrected chi connectivity index (χ3v) is 4.12. The molecule has 0 unspecified atom stereocenters. The zero-order chi connectivity index (χ0) is 19.3. The number of phenols is 1. The zero-order valence-electron chi connectivity index (χ0n) is 15.8. The average molecular weight is 356 g/mol. The van der Waals surface area contributed by atoms with Crippen LogP contribution in [0.15, 0.2) is 30.3 Å². The Kier molecular flexibility index (Phi) is 6.41. The van der Waals surface area contributed by atoms with E-state index in [1.54, 1.807) is 19.9 Å². The largest absolute Gasteiger partial charge is 0.507 e. The molecule has 0 aliphatic carbocycles. The van der Waals surface area contributed by atoms with Gasteiger partial charge in [-0.3, -0.25) is 4.79 Å². The molecule has 2 rings (SSSR count). The van der Waals surface area contributed by atoms with Crippen LogP contribution < -0.4 is 9.47 Å². The second kappa shape index (κ2) is 8.54. The number of hydrogen-bond acceptors (Lipinski definition) is 5. The molecule has 26 heavy (non-hydrogen) atoms. The lowest BCUT2D eigenvalue weighted by Crippen LogP contribution is -2.08. The van der Waals surface area contributed by atoms with E-state index in [4.69, 9.17) is 14.2 Å². The van der Waals surface area contributed by atoms with E-state index in [-0.39, 0.29) is 29.6 Å². The maximum Gasteiger partial charge on any atom is 0.193 e. The highest BCUT2D eigenvalue weighted by Crippen LogP contribution is 2.42. The third-order valence-electron chi connectivity index (χ3n) is 4.12. The van der Waals surface area contributed by atoms with Gasteiger partial charge in [-0.2, -0.15) is 0 Å². The van der Waals surface area contributed by atoms with E-state index in [0.29, 0.717) is 16.9 Å². The van der Waals surface area contributed by atoms with E-state index in [2.05, 4.69) is 0 Å². The molecule has 0 saturated heterocycles. The summed E-state index contributed by atoms with van der Waals surface area (Å²) in [6.45, 7) is 5.50. The molecule has 0 amide bonds. The lowest BCUT2D eigenvalue weighted by Gasteiger charge is -2.18. The van der Waals surface area contributed by atoms with Crippen LogP contribution in [0.5, 0.6) is 17.2 Å². The Hall–Kier alpha value is -2.79. The average Bonchev–Trinajstić information content (AvgIpc) is 2.63. The van der Waals surface area contributed by atoms with Crippen molar-refractivity contribution in [3.8, 4) is 17.2 Å². The van der Waals surface area contributed by atoms with Gasteiger partial charge in [0.15, 0.2) is 12.6 Å². The Labute approximate surface area is 153 Å². The number of hydrogen-bond donors (Lipinski definition) is 1. The zero-order valence-corrected chi connectivity index (χ0v) is 15.8. The number of benzene rings is 2. The normalized spacial score (nSPS) is 11.0. The summed E-state index contributed by atoms with van der Waals surface area (Å²) in [4.78, 5) is 12.7. The van der Waals surface area contributed by atoms with Gasteiger partial charge in [-0.05, 0) is 32.4 Å². The molecule has 138 valence electrons. The summed E-state index contributed by atoms with van der Waals surface area (Å²) >= 11 is 0. The number of aryl methyl sites for hydroxylation is 1. The van der Waals surface area contributed by atoms with Crippen molar-refractivity contribution in [1.82, 2.24) is 0 Å². The number of aromatic hydroxyl groups is 1. The number of allylic oxidation sites excluding steroid dienone is 1. The molecule has 0 aliphatic rings. The molecule has 0 radical (unpaired) electrons. The number of rotatable bonds is 7.